The van der Waals surface area contributed by atoms with Gasteiger partial charge < -0.3 is 15.4 Å². The molecule has 0 spiro atoms. The van der Waals surface area contributed by atoms with E-state index in [1.54, 1.807) is 16.9 Å². The SMILES string of the molecule is CC(C)OCCCNC(=O)C1CCN(CC(=O)Nc2ccnn2Cc2ccccc2Cl)CC1. The highest BCUT2D eigenvalue weighted by Gasteiger charge is 2.25. The van der Waals surface area contributed by atoms with E-state index in [1.807, 2.05) is 38.1 Å². The van der Waals surface area contributed by atoms with Gasteiger partial charge in [-0.25, -0.2) is 4.68 Å². The first-order chi connectivity index (χ1) is 15.9. The van der Waals surface area contributed by atoms with Gasteiger partial charge in [0.25, 0.3) is 0 Å². The van der Waals surface area contributed by atoms with Crippen LogP contribution in [0.15, 0.2) is 36.5 Å². The molecule has 1 saturated heterocycles. The van der Waals surface area contributed by atoms with E-state index < -0.39 is 0 Å². The van der Waals surface area contributed by atoms with Gasteiger partial charge in [-0.15, -0.1) is 0 Å². The van der Waals surface area contributed by atoms with Gasteiger partial charge >= 0.3 is 0 Å². The third kappa shape index (κ3) is 8.14. The van der Waals surface area contributed by atoms with Gasteiger partial charge in [0.2, 0.25) is 11.8 Å². The third-order valence-corrected chi connectivity index (χ3v) is 6.03. The number of nitrogens with one attached hydrogen (secondary N) is 2. The summed E-state index contributed by atoms with van der Waals surface area (Å²) in [6.45, 7) is 7.51. The molecular formula is C24H34ClN5O3. The Morgan fingerprint density at radius 1 is 1.21 bits per heavy atom. The maximum Gasteiger partial charge on any atom is 0.239 e. The summed E-state index contributed by atoms with van der Waals surface area (Å²) in [5.41, 5.74) is 0.936. The number of aromatic nitrogens is 2. The number of hydrogen-bond acceptors (Lipinski definition) is 5. The van der Waals surface area contributed by atoms with Gasteiger partial charge in [0.1, 0.15) is 5.82 Å². The largest absolute Gasteiger partial charge is 0.379 e. The third-order valence-electron chi connectivity index (χ3n) is 5.66. The summed E-state index contributed by atoms with van der Waals surface area (Å²) >= 11 is 6.25. The van der Waals surface area contributed by atoms with Crippen molar-refractivity contribution < 1.29 is 14.3 Å². The molecule has 2 aromatic rings. The van der Waals surface area contributed by atoms with Gasteiger partial charge in [-0.2, -0.15) is 5.10 Å². The molecule has 0 aliphatic carbocycles. The number of ether oxygens (including phenoxy) is 1. The quantitative estimate of drug-likeness (QED) is 0.487. The minimum atomic E-state index is -0.0936. The Morgan fingerprint density at radius 3 is 2.70 bits per heavy atom. The maximum atomic E-state index is 12.6. The highest BCUT2D eigenvalue weighted by Crippen LogP contribution is 2.19. The van der Waals surface area contributed by atoms with Crippen molar-refractivity contribution in [1.29, 1.82) is 0 Å². The highest BCUT2D eigenvalue weighted by molar-refractivity contribution is 6.31. The van der Waals surface area contributed by atoms with Crippen molar-refractivity contribution in [1.82, 2.24) is 20.0 Å². The molecular weight excluding hydrogens is 442 g/mol. The van der Waals surface area contributed by atoms with Gasteiger partial charge in [-0.1, -0.05) is 29.8 Å². The molecule has 0 atom stereocenters. The summed E-state index contributed by atoms with van der Waals surface area (Å²) < 4.78 is 7.22. The normalized spacial score (nSPS) is 15.0. The van der Waals surface area contributed by atoms with Crippen LogP contribution in [0.5, 0.6) is 0 Å². The van der Waals surface area contributed by atoms with Crippen LogP contribution in [0.25, 0.3) is 0 Å². The molecule has 8 nitrogen and oxygen atoms in total. The molecule has 33 heavy (non-hydrogen) atoms. The minimum Gasteiger partial charge on any atom is -0.379 e. The topological polar surface area (TPSA) is 88.5 Å². The first-order valence-electron chi connectivity index (χ1n) is 11.6. The zero-order valence-electron chi connectivity index (χ0n) is 19.4. The van der Waals surface area contributed by atoms with Crippen LogP contribution in [0.1, 0.15) is 38.7 Å². The highest BCUT2D eigenvalue weighted by atomic mass is 35.5. The Hall–Kier alpha value is -2.42. The lowest BCUT2D eigenvalue weighted by Gasteiger charge is -2.30. The zero-order valence-corrected chi connectivity index (χ0v) is 20.2. The molecule has 2 heterocycles. The summed E-state index contributed by atoms with van der Waals surface area (Å²) in [5, 5.41) is 10.9. The first kappa shape index (κ1) is 25.2. The van der Waals surface area contributed by atoms with E-state index in [0.29, 0.717) is 30.5 Å². The summed E-state index contributed by atoms with van der Waals surface area (Å²) in [5.74, 6) is 0.652. The number of likely N-dealkylation sites (tertiary alicyclic amines) is 1. The number of halogens is 1. The average Bonchev–Trinajstić information content (AvgIpc) is 3.21. The van der Waals surface area contributed by atoms with Crippen LogP contribution in [0.2, 0.25) is 5.02 Å². The van der Waals surface area contributed by atoms with E-state index in [4.69, 9.17) is 16.3 Å². The van der Waals surface area contributed by atoms with Crippen LogP contribution < -0.4 is 10.6 Å². The molecule has 1 aliphatic heterocycles. The van der Waals surface area contributed by atoms with Gasteiger partial charge in [-0.05, 0) is 57.8 Å². The number of hydrogen-bond donors (Lipinski definition) is 2. The zero-order chi connectivity index (χ0) is 23.6. The second kappa shape index (κ2) is 12.7. The fourth-order valence-electron chi connectivity index (χ4n) is 3.84. The molecule has 2 N–H and O–H groups in total. The number of amides is 2. The van der Waals surface area contributed by atoms with Crippen LogP contribution in [0.3, 0.4) is 0 Å². The van der Waals surface area contributed by atoms with Gasteiger partial charge in [0.15, 0.2) is 0 Å². The van der Waals surface area contributed by atoms with Gasteiger partial charge in [0, 0.05) is 30.2 Å². The second-order valence-electron chi connectivity index (χ2n) is 8.63. The van der Waals surface area contributed by atoms with Crippen molar-refractivity contribution >= 4 is 29.2 Å². The van der Waals surface area contributed by atoms with Crippen molar-refractivity contribution in [3.8, 4) is 0 Å². The van der Waals surface area contributed by atoms with Crippen molar-refractivity contribution in [2.24, 2.45) is 5.92 Å². The predicted octanol–water partition coefficient (Wildman–Crippen LogP) is 3.17. The van der Waals surface area contributed by atoms with Gasteiger partial charge in [-0.3, -0.25) is 14.5 Å². The molecule has 9 heteroatoms. The molecule has 0 bridgehead atoms. The number of carbonyl (C=O) groups is 2. The summed E-state index contributed by atoms with van der Waals surface area (Å²) in [7, 11) is 0. The number of nitrogens with zero attached hydrogens (tertiary/aromatic N) is 3. The van der Waals surface area contributed by atoms with Crippen molar-refractivity contribution in [3.63, 3.8) is 0 Å². The average molecular weight is 476 g/mol. The number of rotatable bonds is 11. The lowest BCUT2D eigenvalue weighted by molar-refractivity contribution is -0.126. The van der Waals surface area contributed by atoms with Crippen molar-refractivity contribution in [3.05, 3.63) is 47.1 Å². The lowest BCUT2D eigenvalue weighted by Crippen LogP contribution is -2.43. The fraction of sp³-hybridized carbons (Fsp3) is 0.542. The maximum absolute atomic E-state index is 12.6. The molecule has 0 unspecified atom stereocenters. The number of anilines is 1. The van der Waals surface area contributed by atoms with Gasteiger partial charge in [0.05, 0.1) is 25.4 Å². The molecule has 180 valence electrons. The summed E-state index contributed by atoms with van der Waals surface area (Å²) in [4.78, 5) is 27.1. The van der Waals surface area contributed by atoms with E-state index in [9.17, 15) is 9.59 Å². The number of carbonyl (C=O) groups excluding carboxylic acids is 2. The Labute approximate surface area is 200 Å². The molecule has 3 rings (SSSR count). The molecule has 1 fully saturated rings. The standard InChI is InChI=1S/C24H34ClN5O3/c1-18(2)33-15-5-11-26-24(32)19-9-13-29(14-10-19)17-23(31)28-22-8-12-27-30(22)16-20-6-3-4-7-21(20)25/h3-4,6-8,12,18-19H,5,9-11,13-17H2,1-2H3,(H,26,32)(H,28,31). The van der Waals surface area contributed by atoms with E-state index in [-0.39, 0.29) is 30.4 Å². The van der Waals surface area contributed by atoms with Crippen molar-refractivity contribution in [2.75, 3.05) is 38.1 Å². The lowest BCUT2D eigenvalue weighted by atomic mass is 9.96. The summed E-state index contributed by atoms with van der Waals surface area (Å²) in [6.07, 6.45) is 4.20. The Bertz CT molecular complexity index is 909. The number of piperidine rings is 1. The van der Waals surface area contributed by atoms with Crippen LogP contribution in [0, 0.1) is 5.92 Å². The predicted molar refractivity (Wildman–Crippen MR) is 129 cm³/mol. The van der Waals surface area contributed by atoms with Crippen LogP contribution >= 0.6 is 11.6 Å². The molecule has 2 amide bonds. The van der Waals surface area contributed by atoms with Crippen LogP contribution in [-0.2, 0) is 20.9 Å². The monoisotopic (exact) mass is 475 g/mol. The van der Waals surface area contributed by atoms with E-state index in [2.05, 4.69) is 20.6 Å². The summed E-state index contributed by atoms with van der Waals surface area (Å²) in [6, 6.07) is 9.36. The molecule has 0 saturated carbocycles. The Kier molecular flexibility index (Phi) is 9.72. The van der Waals surface area contributed by atoms with Crippen molar-refractivity contribution in [2.45, 2.75) is 45.8 Å². The molecule has 1 aromatic carbocycles. The van der Waals surface area contributed by atoms with Crippen LogP contribution in [-0.4, -0.2) is 65.4 Å². The first-order valence-corrected chi connectivity index (χ1v) is 12.0. The fourth-order valence-corrected chi connectivity index (χ4v) is 4.03. The second-order valence-corrected chi connectivity index (χ2v) is 9.04. The number of benzene rings is 1. The Balaban J connectivity index is 1.38. The smallest absolute Gasteiger partial charge is 0.239 e. The minimum absolute atomic E-state index is 0.00683. The Morgan fingerprint density at radius 2 is 1.97 bits per heavy atom. The van der Waals surface area contributed by atoms with E-state index in [0.717, 1.165) is 37.9 Å². The van der Waals surface area contributed by atoms with Crippen LogP contribution in [0.4, 0.5) is 5.82 Å². The molecule has 0 radical (unpaired) electrons. The van der Waals surface area contributed by atoms with E-state index >= 15 is 0 Å². The molecule has 1 aromatic heterocycles. The molecule has 1 aliphatic rings. The van der Waals surface area contributed by atoms with E-state index in [1.165, 1.54) is 0 Å².